The van der Waals surface area contributed by atoms with Crippen molar-refractivity contribution in [2.45, 2.75) is 25.5 Å². The molecule has 0 aromatic heterocycles. The van der Waals surface area contributed by atoms with Gasteiger partial charge in [0, 0.05) is 18.2 Å². The summed E-state index contributed by atoms with van der Waals surface area (Å²) in [5.41, 5.74) is 6.36. The third-order valence-electron chi connectivity index (χ3n) is 3.38. The van der Waals surface area contributed by atoms with E-state index in [-0.39, 0.29) is 22.7 Å². The van der Waals surface area contributed by atoms with Crippen molar-refractivity contribution in [3.63, 3.8) is 0 Å². The number of hydrogen-bond acceptors (Lipinski definition) is 3. The predicted molar refractivity (Wildman–Crippen MR) is 92.5 cm³/mol. The van der Waals surface area contributed by atoms with Gasteiger partial charge < -0.3 is 15.8 Å². The molecule has 24 heavy (non-hydrogen) atoms. The van der Waals surface area contributed by atoms with Gasteiger partial charge in [-0.3, -0.25) is 4.79 Å². The van der Waals surface area contributed by atoms with Gasteiger partial charge in [-0.2, -0.15) is 0 Å². The van der Waals surface area contributed by atoms with E-state index in [2.05, 4.69) is 5.32 Å². The first-order valence-electron chi connectivity index (χ1n) is 7.67. The molecule has 2 unspecified atom stereocenters. The van der Waals surface area contributed by atoms with Crippen molar-refractivity contribution in [2.24, 2.45) is 5.73 Å². The van der Waals surface area contributed by atoms with Crippen LogP contribution in [0.25, 0.3) is 0 Å². The molecule has 2 aromatic rings. The fraction of sp³-hybridized carbons (Fsp3) is 0.278. The smallest absolute Gasteiger partial charge is 0.265 e. The predicted octanol–water partition coefficient (Wildman–Crippen LogP) is 3.45. The number of amides is 1. The zero-order valence-electron chi connectivity index (χ0n) is 13.3. The second-order valence-corrected chi connectivity index (χ2v) is 5.95. The number of hydrogen-bond donors (Lipinski definition) is 2. The van der Waals surface area contributed by atoms with Gasteiger partial charge in [-0.1, -0.05) is 41.9 Å². The maximum Gasteiger partial charge on any atom is 0.265 e. The molecular formula is C18H20ClFN2O2. The number of ether oxygens (including phenoxy) is 1. The molecule has 0 heterocycles. The van der Waals surface area contributed by atoms with Crippen LogP contribution in [0, 0.1) is 5.82 Å². The summed E-state index contributed by atoms with van der Waals surface area (Å²) in [4.78, 5) is 12.5. The lowest BCUT2D eigenvalue weighted by molar-refractivity contribution is -0.128. The molecule has 0 bridgehead atoms. The molecular weight excluding hydrogens is 331 g/mol. The number of nitrogens with two attached hydrogens (primary N) is 1. The van der Waals surface area contributed by atoms with E-state index in [9.17, 15) is 9.18 Å². The lowest BCUT2D eigenvalue weighted by Gasteiger charge is -2.20. The van der Waals surface area contributed by atoms with E-state index in [1.807, 2.05) is 25.1 Å². The molecule has 1 amide bonds. The highest BCUT2D eigenvalue weighted by Crippen LogP contribution is 2.30. The maximum absolute atomic E-state index is 13.2. The van der Waals surface area contributed by atoms with Crippen LogP contribution < -0.4 is 15.8 Å². The molecule has 0 saturated heterocycles. The Kier molecular flexibility index (Phi) is 6.58. The van der Waals surface area contributed by atoms with E-state index < -0.39 is 11.9 Å². The summed E-state index contributed by atoms with van der Waals surface area (Å²) in [6, 6.07) is 12.8. The summed E-state index contributed by atoms with van der Waals surface area (Å²) in [7, 11) is 0. The monoisotopic (exact) mass is 350 g/mol. The van der Waals surface area contributed by atoms with Crippen LogP contribution in [0.2, 0.25) is 5.02 Å². The molecule has 0 aliphatic carbocycles. The van der Waals surface area contributed by atoms with Crippen LogP contribution in [0.1, 0.15) is 25.0 Å². The highest BCUT2D eigenvalue weighted by molar-refractivity contribution is 6.32. The fourth-order valence-electron chi connectivity index (χ4n) is 2.11. The Bertz CT molecular complexity index is 680. The second-order valence-electron chi connectivity index (χ2n) is 5.54. The normalized spacial score (nSPS) is 13.2. The van der Waals surface area contributed by atoms with Crippen LogP contribution in [0.15, 0.2) is 48.5 Å². The Morgan fingerprint density at radius 2 is 2.00 bits per heavy atom. The lowest BCUT2D eigenvalue weighted by Crippen LogP contribution is -2.35. The van der Waals surface area contributed by atoms with Gasteiger partial charge in [0.2, 0.25) is 6.10 Å². The van der Waals surface area contributed by atoms with Crippen molar-refractivity contribution in [3.8, 4) is 5.75 Å². The van der Waals surface area contributed by atoms with Crippen LogP contribution in [0.4, 0.5) is 4.39 Å². The van der Waals surface area contributed by atoms with Crippen LogP contribution in [-0.2, 0) is 4.79 Å². The third kappa shape index (κ3) is 5.22. The summed E-state index contributed by atoms with van der Waals surface area (Å²) in [6.45, 7) is 2.32. The van der Waals surface area contributed by atoms with Gasteiger partial charge in [0.25, 0.3) is 5.91 Å². The van der Waals surface area contributed by atoms with Gasteiger partial charge in [-0.05, 0) is 31.5 Å². The maximum atomic E-state index is 13.2. The fourth-order valence-corrected chi connectivity index (χ4v) is 2.33. The minimum atomic E-state index is -0.887. The zero-order valence-corrected chi connectivity index (χ0v) is 14.1. The van der Waals surface area contributed by atoms with E-state index in [4.69, 9.17) is 22.1 Å². The van der Waals surface area contributed by atoms with E-state index in [0.29, 0.717) is 18.5 Å². The molecule has 0 fully saturated rings. The SMILES string of the molecule is CC(N)CCNC(=O)C(Oc1ccc(F)cc1Cl)c1ccccc1. The van der Waals surface area contributed by atoms with Crippen LogP contribution in [0.3, 0.4) is 0 Å². The summed E-state index contributed by atoms with van der Waals surface area (Å²) >= 11 is 6.00. The van der Waals surface area contributed by atoms with Gasteiger partial charge >= 0.3 is 0 Å². The first-order valence-corrected chi connectivity index (χ1v) is 8.05. The number of halogens is 2. The highest BCUT2D eigenvalue weighted by Gasteiger charge is 2.23. The van der Waals surface area contributed by atoms with E-state index in [1.54, 1.807) is 12.1 Å². The van der Waals surface area contributed by atoms with Gasteiger partial charge in [0.05, 0.1) is 5.02 Å². The average molecular weight is 351 g/mol. The summed E-state index contributed by atoms with van der Waals surface area (Å²) in [6.07, 6.45) is -0.230. The highest BCUT2D eigenvalue weighted by atomic mass is 35.5. The Labute approximate surface area is 145 Å². The van der Waals surface area contributed by atoms with Gasteiger partial charge in [-0.15, -0.1) is 0 Å². The lowest BCUT2D eigenvalue weighted by atomic mass is 10.1. The Hall–Kier alpha value is -2.11. The van der Waals surface area contributed by atoms with Crippen LogP contribution >= 0.6 is 11.6 Å². The molecule has 0 radical (unpaired) electrons. The summed E-state index contributed by atoms with van der Waals surface area (Å²) in [5.74, 6) is -0.526. The molecule has 2 aromatic carbocycles. The number of nitrogens with one attached hydrogen (secondary N) is 1. The van der Waals surface area contributed by atoms with E-state index in [0.717, 1.165) is 6.07 Å². The van der Waals surface area contributed by atoms with Gasteiger partial charge in [-0.25, -0.2) is 4.39 Å². The molecule has 0 aliphatic heterocycles. The minimum Gasteiger partial charge on any atom is -0.474 e. The molecule has 0 spiro atoms. The molecule has 0 saturated carbocycles. The summed E-state index contributed by atoms with van der Waals surface area (Å²) in [5, 5.41) is 2.91. The number of carbonyl (C=O) groups is 1. The van der Waals surface area contributed by atoms with E-state index in [1.165, 1.54) is 12.1 Å². The number of carbonyl (C=O) groups excluding carboxylic acids is 1. The second kappa shape index (κ2) is 8.66. The van der Waals surface area contributed by atoms with Crippen molar-refractivity contribution in [1.29, 1.82) is 0 Å². The quantitative estimate of drug-likeness (QED) is 0.803. The van der Waals surface area contributed by atoms with E-state index >= 15 is 0 Å². The van der Waals surface area contributed by atoms with Gasteiger partial charge in [0.15, 0.2) is 0 Å². The summed E-state index contributed by atoms with van der Waals surface area (Å²) < 4.78 is 18.9. The van der Waals surface area contributed by atoms with Crippen LogP contribution in [0.5, 0.6) is 5.75 Å². The molecule has 128 valence electrons. The number of benzene rings is 2. The molecule has 2 atom stereocenters. The molecule has 6 heteroatoms. The Morgan fingerprint density at radius 3 is 2.62 bits per heavy atom. The average Bonchev–Trinajstić information content (AvgIpc) is 2.54. The molecule has 3 N–H and O–H groups in total. The minimum absolute atomic E-state index is 0.00654. The zero-order chi connectivity index (χ0) is 17.5. The first kappa shape index (κ1) is 18.2. The largest absolute Gasteiger partial charge is 0.474 e. The Balaban J connectivity index is 2.18. The van der Waals surface area contributed by atoms with Crippen molar-refractivity contribution >= 4 is 17.5 Å². The van der Waals surface area contributed by atoms with Crippen molar-refractivity contribution in [3.05, 3.63) is 64.9 Å². The molecule has 4 nitrogen and oxygen atoms in total. The van der Waals surface area contributed by atoms with Gasteiger partial charge in [0.1, 0.15) is 11.6 Å². The third-order valence-corrected chi connectivity index (χ3v) is 3.67. The van der Waals surface area contributed by atoms with Crippen molar-refractivity contribution in [2.75, 3.05) is 6.54 Å². The van der Waals surface area contributed by atoms with Crippen molar-refractivity contribution < 1.29 is 13.9 Å². The number of rotatable bonds is 7. The van der Waals surface area contributed by atoms with Crippen molar-refractivity contribution in [1.82, 2.24) is 5.32 Å². The standard InChI is InChI=1S/C18H20ClFN2O2/c1-12(21)9-10-22-18(23)17(13-5-3-2-4-6-13)24-16-8-7-14(20)11-15(16)19/h2-8,11-12,17H,9-10,21H2,1H3,(H,22,23). The Morgan fingerprint density at radius 1 is 1.29 bits per heavy atom. The topological polar surface area (TPSA) is 64.3 Å². The molecule has 0 aliphatic rings. The molecule has 2 rings (SSSR count). The van der Waals surface area contributed by atoms with Crippen LogP contribution in [-0.4, -0.2) is 18.5 Å². The first-order chi connectivity index (χ1) is 11.5.